The van der Waals surface area contributed by atoms with Crippen molar-refractivity contribution in [3.63, 3.8) is 0 Å². The highest BCUT2D eigenvalue weighted by Crippen LogP contribution is 2.32. The van der Waals surface area contributed by atoms with Gasteiger partial charge in [-0.3, -0.25) is 0 Å². The maximum Gasteiger partial charge on any atom is 0.0474 e. The van der Waals surface area contributed by atoms with Gasteiger partial charge in [0.25, 0.3) is 0 Å². The molecule has 0 bridgehead atoms. The van der Waals surface area contributed by atoms with E-state index in [1.54, 1.807) is 0 Å². The minimum atomic E-state index is 0.241. The molecule has 0 aliphatic heterocycles. The van der Waals surface area contributed by atoms with Gasteiger partial charge in [-0.25, -0.2) is 0 Å². The first kappa shape index (κ1) is 10.0. The Labute approximate surface area is 75.2 Å². The zero-order chi connectivity index (χ0) is 9.14. The van der Waals surface area contributed by atoms with Crippen LogP contribution < -0.4 is 5.73 Å². The van der Waals surface area contributed by atoms with Gasteiger partial charge in [0.15, 0.2) is 0 Å². The van der Waals surface area contributed by atoms with Gasteiger partial charge in [-0.2, -0.15) is 0 Å². The van der Waals surface area contributed by atoms with E-state index in [4.69, 9.17) is 10.8 Å². The van der Waals surface area contributed by atoms with Crippen LogP contribution in [0.1, 0.15) is 33.1 Å². The third kappa shape index (κ3) is 2.20. The van der Waals surface area contributed by atoms with Gasteiger partial charge in [0.05, 0.1) is 0 Å². The Morgan fingerprint density at radius 2 is 2.08 bits per heavy atom. The Morgan fingerprint density at radius 3 is 2.58 bits per heavy atom. The van der Waals surface area contributed by atoms with Crippen LogP contribution in [0.3, 0.4) is 0 Å². The summed E-state index contributed by atoms with van der Waals surface area (Å²) >= 11 is 0. The Bertz CT molecular complexity index is 136. The van der Waals surface area contributed by atoms with Crippen molar-refractivity contribution >= 4 is 0 Å². The third-order valence-corrected chi connectivity index (χ3v) is 3.26. The van der Waals surface area contributed by atoms with Crippen molar-refractivity contribution in [3.05, 3.63) is 0 Å². The smallest absolute Gasteiger partial charge is 0.0474 e. The van der Waals surface area contributed by atoms with Crippen LogP contribution in [-0.4, -0.2) is 17.8 Å². The fourth-order valence-electron chi connectivity index (χ4n) is 2.14. The molecule has 2 nitrogen and oxygen atoms in total. The van der Waals surface area contributed by atoms with Crippen molar-refractivity contribution in [2.45, 2.75) is 39.2 Å². The van der Waals surface area contributed by atoms with Crippen LogP contribution in [-0.2, 0) is 0 Å². The molecule has 0 amide bonds. The van der Waals surface area contributed by atoms with E-state index in [0.29, 0.717) is 5.92 Å². The van der Waals surface area contributed by atoms with E-state index in [0.717, 1.165) is 24.7 Å². The van der Waals surface area contributed by atoms with E-state index in [1.165, 1.54) is 6.42 Å². The third-order valence-electron chi connectivity index (χ3n) is 3.26. The lowest BCUT2D eigenvalue weighted by atomic mass is 9.74. The highest BCUT2D eigenvalue weighted by Gasteiger charge is 2.28. The van der Waals surface area contributed by atoms with Crippen molar-refractivity contribution in [2.75, 3.05) is 6.61 Å². The predicted octanol–water partition coefficient (Wildman–Crippen LogP) is 1.38. The first-order chi connectivity index (χ1) is 5.65. The van der Waals surface area contributed by atoms with Gasteiger partial charge in [-0.05, 0) is 37.0 Å². The van der Waals surface area contributed by atoms with Crippen molar-refractivity contribution in [3.8, 4) is 0 Å². The van der Waals surface area contributed by atoms with Crippen LogP contribution in [0.25, 0.3) is 0 Å². The summed E-state index contributed by atoms with van der Waals surface area (Å²) in [5, 5.41) is 9.08. The molecule has 1 rings (SSSR count). The second kappa shape index (κ2) is 4.24. The first-order valence-electron chi connectivity index (χ1n) is 5.01. The zero-order valence-corrected chi connectivity index (χ0v) is 8.16. The zero-order valence-electron chi connectivity index (χ0n) is 8.16. The molecule has 1 aliphatic rings. The summed E-state index contributed by atoms with van der Waals surface area (Å²) in [4.78, 5) is 0. The molecule has 3 atom stereocenters. The normalized spacial score (nSPS) is 37.2. The van der Waals surface area contributed by atoms with Gasteiger partial charge in [-0.1, -0.05) is 13.8 Å². The van der Waals surface area contributed by atoms with Gasteiger partial charge in [0.2, 0.25) is 0 Å². The molecule has 0 spiro atoms. The average molecular weight is 171 g/mol. The fourth-order valence-corrected chi connectivity index (χ4v) is 2.14. The Kier molecular flexibility index (Phi) is 3.53. The van der Waals surface area contributed by atoms with Crippen molar-refractivity contribution < 1.29 is 5.11 Å². The molecule has 1 saturated carbocycles. The van der Waals surface area contributed by atoms with Gasteiger partial charge >= 0.3 is 0 Å². The molecule has 0 aromatic heterocycles. The second-order valence-electron chi connectivity index (χ2n) is 4.42. The largest absolute Gasteiger partial charge is 0.396 e. The maximum atomic E-state index is 9.08. The average Bonchev–Trinajstić information content (AvgIpc) is 2.05. The molecule has 3 N–H and O–H groups in total. The van der Waals surface area contributed by atoms with Gasteiger partial charge in [0.1, 0.15) is 0 Å². The number of rotatable bonds is 2. The first-order valence-corrected chi connectivity index (χ1v) is 5.01. The Balaban J connectivity index is 2.44. The molecule has 72 valence electrons. The lowest BCUT2D eigenvalue weighted by molar-refractivity contribution is 0.123. The molecule has 0 saturated heterocycles. The summed E-state index contributed by atoms with van der Waals surface area (Å²) in [7, 11) is 0. The van der Waals surface area contributed by atoms with Crippen molar-refractivity contribution in [2.24, 2.45) is 23.5 Å². The molecule has 1 fully saturated rings. The minimum absolute atomic E-state index is 0.241. The predicted molar refractivity (Wildman–Crippen MR) is 50.7 cm³/mol. The van der Waals surface area contributed by atoms with E-state index in [1.807, 2.05) is 0 Å². The van der Waals surface area contributed by atoms with Crippen LogP contribution in [0.4, 0.5) is 0 Å². The van der Waals surface area contributed by atoms with Crippen LogP contribution >= 0.6 is 0 Å². The topological polar surface area (TPSA) is 46.2 Å². The van der Waals surface area contributed by atoms with Crippen LogP contribution in [0.5, 0.6) is 0 Å². The Hall–Kier alpha value is -0.0800. The van der Waals surface area contributed by atoms with E-state index < -0.39 is 0 Å². The van der Waals surface area contributed by atoms with E-state index in [9.17, 15) is 0 Å². The SMILES string of the molecule is CC(C)[C@@H]1CC[C@H](N)[C@@H](CO)C1. The lowest BCUT2D eigenvalue weighted by Gasteiger charge is -2.35. The lowest BCUT2D eigenvalue weighted by Crippen LogP contribution is -2.39. The quantitative estimate of drug-likeness (QED) is 0.659. The molecule has 0 aromatic carbocycles. The standard InChI is InChI=1S/C10H21NO/c1-7(2)8-3-4-10(11)9(5-8)6-12/h7-10,12H,3-6,11H2,1-2H3/t8-,9-,10+/m1/s1. The summed E-state index contributed by atoms with van der Waals surface area (Å²) in [6.45, 7) is 4.79. The summed E-state index contributed by atoms with van der Waals surface area (Å²) in [6, 6.07) is 0.241. The highest BCUT2D eigenvalue weighted by atomic mass is 16.3. The van der Waals surface area contributed by atoms with Gasteiger partial charge < -0.3 is 10.8 Å². The summed E-state index contributed by atoms with van der Waals surface area (Å²) < 4.78 is 0. The monoisotopic (exact) mass is 171 g/mol. The van der Waals surface area contributed by atoms with Gasteiger partial charge in [0, 0.05) is 12.6 Å². The fraction of sp³-hybridized carbons (Fsp3) is 1.00. The molecular formula is C10H21NO. The van der Waals surface area contributed by atoms with E-state index in [2.05, 4.69) is 13.8 Å². The molecule has 2 heteroatoms. The number of hydrogen-bond acceptors (Lipinski definition) is 2. The Morgan fingerprint density at radius 1 is 1.42 bits per heavy atom. The van der Waals surface area contributed by atoms with Crippen molar-refractivity contribution in [1.82, 2.24) is 0 Å². The maximum absolute atomic E-state index is 9.08. The van der Waals surface area contributed by atoms with Gasteiger partial charge in [-0.15, -0.1) is 0 Å². The van der Waals surface area contributed by atoms with Crippen LogP contribution in [0, 0.1) is 17.8 Å². The number of aliphatic hydroxyl groups is 1. The van der Waals surface area contributed by atoms with Crippen LogP contribution in [0.15, 0.2) is 0 Å². The molecule has 0 heterocycles. The highest BCUT2D eigenvalue weighted by molar-refractivity contribution is 4.83. The molecular weight excluding hydrogens is 150 g/mol. The number of aliphatic hydroxyl groups excluding tert-OH is 1. The van der Waals surface area contributed by atoms with E-state index >= 15 is 0 Å². The van der Waals surface area contributed by atoms with Crippen LogP contribution in [0.2, 0.25) is 0 Å². The van der Waals surface area contributed by atoms with E-state index in [-0.39, 0.29) is 12.6 Å². The van der Waals surface area contributed by atoms with Crippen molar-refractivity contribution in [1.29, 1.82) is 0 Å². The summed E-state index contributed by atoms with van der Waals surface area (Å²) in [5.74, 6) is 1.87. The number of hydrogen-bond donors (Lipinski definition) is 2. The number of nitrogens with two attached hydrogens (primary N) is 1. The molecule has 0 unspecified atom stereocenters. The molecule has 0 aromatic rings. The summed E-state index contributed by atoms with van der Waals surface area (Å²) in [6.07, 6.45) is 3.46. The molecule has 1 aliphatic carbocycles. The minimum Gasteiger partial charge on any atom is -0.396 e. The second-order valence-corrected chi connectivity index (χ2v) is 4.42. The summed E-state index contributed by atoms with van der Waals surface area (Å²) in [5.41, 5.74) is 5.89. The molecule has 12 heavy (non-hydrogen) atoms. The molecule has 0 radical (unpaired) electrons.